The Labute approximate surface area is 146 Å². The van der Waals surface area contributed by atoms with E-state index in [1.807, 2.05) is 30.3 Å². The fourth-order valence-electron chi connectivity index (χ4n) is 2.30. The van der Waals surface area contributed by atoms with Gasteiger partial charge in [0, 0.05) is 5.69 Å². The molecule has 5 nitrogen and oxygen atoms in total. The lowest BCUT2D eigenvalue weighted by molar-refractivity contribution is -0.137. The molecule has 1 N–H and O–H groups in total. The summed E-state index contributed by atoms with van der Waals surface area (Å²) < 4.78 is 4.95. The number of hydrogen-bond donors (Lipinski definition) is 1. The van der Waals surface area contributed by atoms with Crippen LogP contribution in [-0.2, 0) is 14.3 Å². The number of para-hydroxylation sites is 1. The molecule has 0 heterocycles. The van der Waals surface area contributed by atoms with Gasteiger partial charge in [-0.1, -0.05) is 48.5 Å². The molecule has 2 rings (SSSR count). The Bertz CT molecular complexity index is 806. The summed E-state index contributed by atoms with van der Waals surface area (Å²) in [5, 5.41) is 12.2. The first-order chi connectivity index (χ1) is 12.2. The summed E-state index contributed by atoms with van der Waals surface area (Å²) in [5.41, 5.74) is 1.47. The number of nitriles is 1. The van der Waals surface area contributed by atoms with Crippen molar-refractivity contribution in [3.63, 3.8) is 0 Å². The topological polar surface area (TPSA) is 79.2 Å². The van der Waals surface area contributed by atoms with Crippen LogP contribution in [0.2, 0.25) is 0 Å². The van der Waals surface area contributed by atoms with Crippen molar-refractivity contribution in [3.05, 3.63) is 71.8 Å². The highest BCUT2D eigenvalue weighted by molar-refractivity contribution is 6.07. The smallest absolute Gasteiger partial charge is 0.349 e. The van der Waals surface area contributed by atoms with Crippen molar-refractivity contribution < 1.29 is 14.3 Å². The molecule has 0 bridgehead atoms. The first-order valence-corrected chi connectivity index (χ1v) is 7.86. The predicted molar refractivity (Wildman–Crippen MR) is 95.3 cm³/mol. The van der Waals surface area contributed by atoms with Crippen molar-refractivity contribution in [3.8, 4) is 6.07 Å². The second-order valence-corrected chi connectivity index (χ2v) is 5.14. The second-order valence-electron chi connectivity index (χ2n) is 5.14. The summed E-state index contributed by atoms with van der Waals surface area (Å²) in [4.78, 5) is 24.5. The average Bonchev–Trinajstić information content (AvgIpc) is 2.63. The van der Waals surface area contributed by atoms with Gasteiger partial charge in [0.25, 0.3) is 0 Å². The van der Waals surface area contributed by atoms with Gasteiger partial charge in [0.05, 0.1) is 13.0 Å². The molecular formula is C20H18N2O3. The zero-order valence-electron chi connectivity index (χ0n) is 13.9. The zero-order chi connectivity index (χ0) is 18.1. The van der Waals surface area contributed by atoms with Crippen LogP contribution >= 0.6 is 0 Å². The van der Waals surface area contributed by atoms with E-state index >= 15 is 0 Å². The number of hydrogen-bond acceptors (Lipinski definition) is 4. The fourth-order valence-corrected chi connectivity index (χ4v) is 2.30. The number of carbonyl (C=O) groups is 2. The van der Waals surface area contributed by atoms with Gasteiger partial charge in [0.1, 0.15) is 11.6 Å². The van der Waals surface area contributed by atoms with E-state index in [1.54, 1.807) is 43.3 Å². The normalized spacial score (nSPS) is 11.0. The summed E-state index contributed by atoms with van der Waals surface area (Å²) in [6.45, 7) is 1.82. The van der Waals surface area contributed by atoms with Crippen molar-refractivity contribution in [2.24, 2.45) is 0 Å². The number of benzene rings is 2. The maximum atomic E-state index is 12.4. The zero-order valence-corrected chi connectivity index (χ0v) is 13.9. The van der Waals surface area contributed by atoms with E-state index in [-0.39, 0.29) is 24.5 Å². The van der Waals surface area contributed by atoms with Gasteiger partial charge in [-0.15, -0.1) is 0 Å². The third-order valence-electron chi connectivity index (χ3n) is 3.41. The van der Waals surface area contributed by atoms with Crippen LogP contribution in [0, 0.1) is 11.3 Å². The van der Waals surface area contributed by atoms with Gasteiger partial charge in [-0.2, -0.15) is 5.26 Å². The van der Waals surface area contributed by atoms with Crippen molar-refractivity contribution >= 4 is 23.1 Å². The first-order valence-electron chi connectivity index (χ1n) is 7.86. The maximum absolute atomic E-state index is 12.4. The van der Waals surface area contributed by atoms with Crippen molar-refractivity contribution in [1.82, 2.24) is 0 Å². The Kier molecular flexibility index (Phi) is 6.49. The van der Waals surface area contributed by atoms with E-state index in [0.717, 1.165) is 0 Å². The highest BCUT2D eigenvalue weighted by Crippen LogP contribution is 2.24. The molecule has 126 valence electrons. The molecule has 2 aromatic carbocycles. The molecule has 0 saturated carbocycles. The van der Waals surface area contributed by atoms with Crippen LogP contribution < -0.4 is 5.32 Å². The van der Waals surface area contributed by atoms with Crippen LogP contribution in [0.25, 0.3) is 5.57 Å². The Morgan fingerprint density at radius 1 is 1.04 bits per heavy atom. The summed E-state index contributed by atoms with van der Waals surface area (Å²) in [7, 11) is 0. The molecule has 0 unspecified atom stereocenters. The average molecular weight is 334 g/mol. The predicted octanol–water partition coefficient (Wildman–Crippen LogP) is 3.56. The molecule has 0 atom stereocenters. The summed E-state index contributed by atoms with van der Waals surface area (Å²) in [6, 6.07) is 19.8. The van der Waals surface area contributed by atoms with E-state index in [2.05, 4.69) is 5.32 Å². The number of anilines is 1. The van der Waals surface area contributed by atoms with Gasteiger partial charge in [0.2, 0.25) is 5.91 Å². The van der Waals surface area contributed by atoms with Gasteiger partial charge < -0.3 is 10.1 Å². The molecule has 0 spiro atoms. The number of carbonyl (C=O) groups excluding carboxylic acids is 2. The molecule has 0 aliphatic carbocycles. The Balaban J connectivity index is 2.34. The van der Waals surface area contributed by atoms with Gasteiger partial charge >= 0.3 is 5.97 Å². The number of nitrogens with zero attached hydrogens (tertiary/aromatic N) is 1. The minimum absolute atomic E-state index is 0.111. The molecule has 25 heavy (non-hydrogen) atoms. The molecule has 1 amide bonds. The number of rotatable bonds is 6. The molecule has 0 aromatic heterocycles. The van der Waals surface area contributed by atoms with Crippen molar-refractivity contribution in [1.29, 1.82) is 5.26 Å². The molecule has 2 aromatic rings. The Hall–Kier alpha value is -3.39. The first kappa shape index (κ1) is 18.0. The third-order valence-corrected chi connectivity index (χ3v) is 3.41. The molecule has 0 aliphatic rings. The second kappa shape index (κ2) is 9.04. The van der Waals surface area contributed by atoms with Crippen LogP contribution in [-0.4, -0.2) is 18.5 Å². The fraction of sp³-hybridized carbons (Fsp3) is 0.150. The third kappa shape index (κ3) is 5.05. The van der Waals surface area contributed by atoms with E-state index < -0.39 is 5.97 Å². The van der Waals surface area contributed by atoms with Crippen LogP contribution in [0.5, 0.6) is 0 Å². The molecule has 5 heteroatoms. The van der Waals surface area contributed by atoms with E-state index in [0.29, 0.717) is 16.8 Å². The van der Waals surface area contributed by atoms with Crippen LogP contribution in [0.4, 0.5) is 5.69 Å². The number of nitrogens with one attached hydrogen (secondary N) is 1. The highest BCUT2D eigenvalue weighted by Gasteiger charge is 2.20. The highest BCUT2D eigenvalue weighted by atomic mass is 16.5. The minimum atomic E-state index is -0.726. The largest absolute Gasteiger partial charge is 0.462 e. The molecule has 0 saturated heterocycles. The van der Waals surface area contributed by atoms with Gasteiger partial charge in [-0.05, 0) is 30.2 Å². The van der Waals surface area contributed by atoms with Crippen molar-refractivity contribution in [2.45, 2.75) is 13.3 Å². The van der Waals surface area contributed by atoms with E-state index in [1.165, 1.54) is 0 Å². The Morgan fingerprint density at radius 2 is 1.64 bits per heavy atom. The van der Waals surface area contributed by atoms with Gasteiger partial charge in [0.15, 0.2) is 0 Å². The number of esters is 1. The lowest BCUT2D eigenvalue weighted by Gasteiger charge is -2.11. The minimum Gasteiger partial charge on any atom is -0.462 e. The van der Waals surface area contributed by atoms with Crippen molar-refractivity contribution in [2.75, 3.05) is 11.9 Å². The lowest BCUT2D eigenvalue weighted by Crippen LogP contribution is -2.15. The summed E-state index contributed by atoms with van der Waals surface area (Å²) >= 11 is 0. The monoisotopic (exact) mass is 334 g/mol. The molecule has 0 radical (unpaired) electrons. The quantitative estimate of drug-likeness (QED) is 0.498. The van der Waals surface area contributed by atoms with E-state index in [9.17, 15) is 14.9 Å². The van der Waals surface area contributed by atoms with E-state index in [4.69, 9.17) is 4.74 Å². The number of amides is 1. The molecular weight excluding hydrogens is 316 g/mol. The van der Waals surface area contributed by atoms with Crippen LogP contribution in [0.1, 0.15) is 18.9 Å². The molecule has 0 fully saturated rings. The summed E-state index contributed by atoms with van der Waals surface area (Å²) in [5.74, 6) is -1.04. The van der Waals surface area contributed by atoms with Crippen LogP contribution in [0.3, 0.4) is 0 Å². The lowest BCUT2D eigenvalue weighted by atomic mass is 9.97. The SMILES string of the molecule is CCOC(=O)/C(C#N)=C(\CC(=O)Nc1ccccc1)c1ccccc1. The molecule has 0 aliphatic heterocycles. The van der Waals surface area contributed by atoms with Crippen LogP contribution in [0.15, 0.2) is 66.2 Å². The summed E-state index contributed by atoms with van der Waals surface area (Å²) in [6.07, 6.45) is -0.111. The van der Waals surface area contributed by atoms with Gasteiger partial charge in [-0.25, -0.2) is 4.79 Å². The maximum Gasteiger partial charge on any atom is 0.349 e. The standard InChI is InChI=1S/C20H18N2O3/c1-2-25-20(24)18(14-21)17(15-9-5-3-6-10-15)13-19(23)22-16-11-7-4-8-12-16/h3-12H,2,13H2,1H3,(H,22,23)/b18-17+. The Morgan fingerprint density at radius 3 is 2.20 bits per heavy atom. The van der Waals surface area contributed by atoms with Gasteiger partial charge in [-0.3, -0.25) is 4.79 Å². The number of ether oxygens (including phenoxy) is 1.